The van der Waals surface area contributed by atoms with E-state index < -0.39 is 6.09 Å². The molecule has 2 amide bonds. The Morgan fingerprint density at radius 1 is 1.50 bits per heavy atom. The van der Waals surface area contributed by atoms with Crippen molar-refractivity contribution in [3.63, 3.8) is 0 Å². The molecule has 0 spiro atoms. The average molecular weight is 199 g/mol. The molecule has 6 nitrogen and oxygen atoms in total. The Kier molecular flexibility index (Phi) is 2.28. The van der Waals surface area contributed by atoms with Gasteiger partial charge in [-0.15, -0.1) is 0 Å². The van der Waals surface area contributed by atoms with Crippen LogP contribution in [0.15, 0.2) is 0 Å². The van der Waals surface area contributed by atoms with Gasteiger partial charge in [0.05, 0.1) is 6.54 Å². The molecule has 0 aromatic rings. The molecule has 0 unspecified atom stereocenters. The van der Waals surface area contributed by atoms with E-state index in [1.807, 2.05) is 4.90 Å². The second-order valence-corrected chi connectivity index (χ2v) is 3.66. The molecule has 2 aliphatic rings. The van der Waals surface area contributed by atoms with Crippen LogP contribution in [0.4, 0.5) is 4.79 Å². The number of hydrogen-bond donors (Lipinski definition) is 2. The zero-order chi connectivity index (χ0) is 10.1. The van der Waals surface area contributed by atoms with Crippen molar-refractivity contribution in [1.29, 1.82) is 0 Å². The molecule has 2 saturated heterocycles. The van der Waals surface area contributed by atoms with Gasteiger partial charge in [-0.2, -0.15) is 0 Å². The lowest BCUT2D eigenvalue weighted by Crippen LogP contribution is -2.63. The summed E-state index contributed by atoms with van der Waals surface area (Å²) in [5.41, 5.74) is 0. The van der Waals surface area contributed by atoms with E-state index in [2.05, 4.69) is 5.32 Å². The van der Waals surface area contributed by atoms with Gasteiger partial charge in [-0.1, -0.05) is 0 Å². The van der Waals surface area contributed by atoms with Gasteiger partial charge in [0.25, 0.3) is 0 Å². The molecular formula is C8H13N3O3. The first-order chi connectivity index (χ1) is 6.66. The third-order valence-corrected chi connectivity index (χ3v) is 2.76. The largest absolute Gasteiger partial charge is 0.465 e. The van der Waals surface area contributed by atoms with Crippen LogP contribution in [0.2, 0.25) is 0 Å². The fourth-order valence-electron chi connectivity index (χ4n) is 1.94. The summed E-state index contributed by atoms with van der Waals surface area (Å²) in [5, 5.41) is 11.5. The van der Waals surface area contributed by atoms with E-state index in [-0.39, 0.29) is 11.9 Å². The molecule has 2 fully saturated rings. The number of nitrogens with zero attached hydrogens (tertiary/aromatic N) is 2. The minimum Gasteiger partial charge on any atom is -0.465 e. The molecule has 6 heteroatoms. The van der Waals surface area contributed by atoms with Gasteiger partial charge in [-0.05, 0) is 0 Å². The van der Waals surface area contributed by atoms with Crippen LogP contribution in [0.25, 0.3) is 0 Å². The highest BCUT2D eigenvalue weighted by molar-refractivity contribution is 5.79. The first kappa shape index (κ1) is 9.26. The number of amides is 2. The summed E-state index contributed by atoms with van der Waals surface area (Å²) in [4.78, 5) is 25.2. The second-order valence-electron chi connectivity index (χ2n) is 3.66. The molecule has 0 aromatic carbocycles. The van der Waals surface area contributed by atoms with Crippen LogP contribution < -0.4 is 5.32 Å². The van der Waals surface area contributed by atoms with E-state index >= 15 is 0 Å². The van der Waals surface area contributed by atoms with Crippen molar-refractivity contribution in [1.82, 2.24) is 15.1 Å². The Labute approximate surface area is 81.5 Å². The third-order valence-electron chi connectivity index (χ3n) is 2.76. The van der Waals surface area contributed by atoms with Gasteiger partial charge in [0.15, 0.2) is 0 Å². The van der Waals surface area contributed by atoms with Gasteiger partial charge in [0.1, 0.15) is 0 Å². The predicted molar refractivity (Wildman–Crippen MR) is 48.0 cm³/mol. The van der Waals surface area contributed by atoms with Gasteiger partial charge in [0, 0.05) is 32.2 Å². The summed E-state index contributed by atoms with van der Waals surface area (Å²) in [5.74, 6) is 0.0324. The van der Waals surface area contributed by atoms with Crippen molar-refractivity contribution in [3.8, 4) is 0 Å². The molecule has 14 heavy (non-hydrogen) atoms. The van der Waals surface area contributed by atoms with Crippen LogP contribution in [-0.2, 0) is 4.79 Å². The number of piperazine rings is 2. The molecule has 0 aliphatic carbocycles. The molecule has 2 aliphatic heterocycles. The summed E-state index contributed by atoms with van der Waals surface area (Å²) in [6, 6.07) is 0.151. The Bertz CT molecular complexity index is 269. The molecule has 78 valence electrons. The van der Waals surface area contributed by atoms with E-state index in [1.54, 1.807) is 0 Å². The molecule has 0 aromatic heterocycles. The molecule has 2 rings (SSSR count). The van der Waals surface area contributed by atoms with E-state index in [0.29, 0.717) is 32.7 Å². The Hall–Kier alpha value is -1.30. The number of carbonyl (C=O) groups is 2. The second kappa shape index (κ2) is 3.45. The van der Waals surface area contributed by atoms with E-state index in [4.69, 9.17) is 5.11 Å². The standard InChI is InChI=1S/C8H13N3O3/c12-7-5-10-1-2-11(8(13)14)4-6(10)3-9-7/h6H,1-5H2,(H,9,12)(H,13,14)/t6-/m1/s1. The van der Waals surface area contributed by atoms with Crippen LogP contribution >= 0.6 is 0 Å². The summed E-state index contributed by atoms with van der Waals surface area (Å²) >= 11 is 0. The molecule has 2 heterocycles. The van der Waals surface area contributed by atoms with E-state index in [0.717, 1.165) is 0 Å². The fraction of sp³-hybridized carbons (Fsp3) is 0.750. The van der Waals surface area contributed by atoms with Crippen LogP contribution in [0, 0.1) is 0 Å². The minimum absolute atomic E-state index is 0.0324. The van der Waals surface area contributed by atoms with Crippen molar-refractivity contribution in [2.75, 3.05) is 32.7 Å². The van der Waals surface area contributed by atoms with Gasteiger partial charge in [-0.25, -0.2) is 4.79 Å². The Morgan fingerprint density at radius 3 is 3.00 bits per heavy atom. The molecular weight excluding hydrogens is 186 g/mol. The van der Waals surface area contributed by atoms with Crippen molar-refractivity contribution in [3.05, 3.63) is 0 Å². The monoisotopic (exact) mass is 199 g/mol. The zero-order valence-corrected chi connectivity index (χ0v) is 7.77. The molecule has 1 atom stereocenters. The lowest BCUT2D eigenvalue weighted by atomic mass is 10.1. The Balaban J connectivity index is 1.98. The first-order valence-electron chi connectivity index (χ1n) is 4.65. The molecule has 0 saturated carbocycles. The highest BCUT2D eigenvalue weighted by atomic mass is 16.4. The number of carbonyl (C=O) groups excluding carboxylic acids is 1. The predicted octanol–water partition coefficient (Wildman–Crippen LogP) is -1.22. The van der Waals surface area contributed by atoms with Gasteiger partial charge >= 0.3 is 6.09 Å². The van der Waals surface area contributed by atoms with Crippen LogP contribution in [0.5, 0.6) is 0 Å². The third kappa shape index (κ3) is 1.65. The minimum atomic E-state index is -0.874. The highest BCUT2D eigenvalue weighted by Gasteiger charge is 2.33. The normalized spacial score (nSPS) is 28.1. The number of nitrogens with one attached hydrogen (secondary N) is 1. The van der Waals surface area contributed by atoms with Crippen LogP contribution in [0.3, 0.4) is 0 Å². The summed E-state index contributed by atoms with van der Waals surface area (Å²) in [6.45, 7) is 2.61. The number of carboxylic acid groups (broad SMARTS) is 1. The fourth-order valence-corrected chi connectivity index (χ4v) is 1.94. The molecule has 2 N–H and O–H groups in total. The topological polar surface area (TPSA) is 72.9 Å². The zero-order valence-electron chi connectivity index (χ0n) is 7.77. The van der Waals surface area contributed by atoms with E-state index in [1.165, 1.54) is 4.90 Å². The van der Waals surface area contributed by atoms with Crippen LogP contribution in [0.1, 0.15) is 0 Å². The van der Waals surface area contributed by atoms with Crippen molar-refractivity contribution in [2.45, 2.75) is 6.04 Å². The molecule has 0 radical (unpaired) electrons. The average Bonchev–Trinajstić information content (AvgIpc) is 2.16. The first-order valence-corrected chi connectivity index (χ1v) is 4.65. The maximum absolute atomic E-state index is 11.1. The van der Waals surface area contributed by atoms with Crippen LogP contribution in [-0.4, -0.2) is 65.7 Å². The van der Waals surface area contributed by atoms with Crippen molar-refractivity contribution in [2.24, 2.45) is 0 Å². The lowest BCUT2D eigenvalue weighted by molar-refractivity contribution is -0.126. The molecule has 0 bridgehead atoms. The maximum Gasteiger partial charge on any atom is 0.407 e. The van der Waals surface area contributed by atoms with Crippen molar-refractivity contribution >= 4 is 12.0 Å². The van der Waals surface area contributed by atoms with E-state index in [9.17, 15) is 9.59 Å². The summed E-state index contributed by atoms with van der Waals surface area (Å²) < 4.78 is 0. The SMILES string of the molecule is O=C1CN2CCN(C(=O)O)C[C@H]2CN1. The number of rotatable bonds is 0. The summed E-state index contributed by atoms with van der Waals surface area (Å²) in [7, 11) is 0. The quantitative estimate of drug-likeness (QED) is 0.513. The van der Waals surface area contributed by atoms with Gasteiger partial charge in [-0.3, -0.25) is 9.69 Å². The maximum atomic E-state index is 11.1. The summed E-state index contributed by atoms with van der Waals surface area (Å²) in [6.07, 6.45) is -0.874. The lowest BCUT2D eigenvalue weighted by Gasteiger charge is -2.42. The highest BCUT2D eigenvalue weighted by Crippen LogP contribution is 2.11. The van der Waals surface area contributed by atoms with Gasteiger partial charge < -0.3 is 15.3 Å². The number of fused-ring (bicyclic) bond motifs is 1. The smallest absolute Gasteiger partial charge is 0.407 e. The Morgan fingerprint density at radius 2 is 2.29 bits per heavy atom. The van der Waals surface area contributed by atoms with Crippen molar-refractivity contribution < 1.29 is 14.7 Å². The van der Waals surface area contributed by atoms with Gasteiger partial charge in [0.2, 0.25) is 5.91 Å². The number of hydrogen-bond acceptors (Lipinski definition) is 3.